The predicted molar refractivity (Wildman–Crippen MR) is 92.7 cm³/mol. The first-order valence-corrected chi connectivity index (χ1v) is 8.13. The van der Waals surface area contributed by atoms with Crippen LogP contribution in [-0.2, 0) is 17.9 Å². The van der Waals surface area contributed by atoms with Crippen molar-refractivity contribution in [2.75, 3.05) is 6.54 Å². The molecule has 3 N–H and O–H groups in total. The van der Waals surface area contributed by atoms with Crippen LogP contribution in [0, 0.1) is 0 Å². The van der Waals surface area contributed by atoms with E-state index in [0.717, 1.165) is 0 Å². The van der Waals surface area contributed by atoms with E-state index in [1.807, 2.05) is 17.0 Å². The summed E-state index contributed by atoms with van der Waals surface area (Å²) in [4.78, 5) is 25.8. The number of phenols is 1. The third-order valence-electron chi connectivity index (χ3n) is 3.81. The highest BCUT2D eigenvalue weighted by Crippen LogP contribution is 2.20. The van der Waals surface area contributed by atoms with E-state index in [2.05, 4.69) is 10.6 Å². The van der Waals surface area contributed by atoms with Crippen LogP contribution >= 0.6 is 0 Å². The molecule has 3 amide bonds. The molecule has 0 saturated carbocycles. The van der Waals surface area contributed by atoms with Crippen LogP contribution in [0.2, 0.25) is 0 Å². The topological polar surface area (TPSA) is 94.8 Å². The Morgan fingerprint density at radius 2 is 1.96 bits per heavy atom. The maximum Gasteiger partial charge on any atom is 0.321 e. The number of carbonyl (C=O) groups is 2. The van der Waals surface area contributed by atoms with E-state index in [4.69, 9.17) is 4.42 Å². The number of furan rings is 1. The van der Waals surface area contributed by atoms with Crippen molar-refractivity contribution in [1.29, 1.82) is 0 Å². The van der Waals surface area contributed by atoms with Gasteiger partial charge in [0, 0.05) is 18.7 Å². The molecule has 134 valence electrons. The average Bonchev–Trinajstić information content (AvgIpc) is 3.08. The van der Waals surface area contributed by atoms with Gasteiger partial charge in [0.1, 0.15) is 11.5 Å². The van der Waals surface area contributed by atoms with Gasteiger partial charge in [-0.25, -0.2) is 4.79 Å². The maximum absolute atomic E-state index is 12.4. The van der Waals surface area contributed by atoms with Crippen molar-refractivity contribution < 1.29 is 19.1 Å². The fourth-order valence-electron chi connectivity index (χ4n) is 2.38. The minimum atomic E-state index is -0.604. The van der Waals surface area contributed by atoms with Gasteiger partial charge in [-0.3, -0.25) is 15.0 Å². The summed E-state index contributed by atoms with van der Waals surface area (Å²) in [6.45, 7) is 4.61. The van der Waals surface area contributed by atoms with Crippen molar-refractivity contribution in [3.8, 4) is 5.75 Å². The number of nitrogens with zero attached hydrogens (tertiary/aromatic N) is 1. The number of rotatable bonds is 7. The Balaban J connectivity index is 2.14. The molecule has 25 heavy (non-hydrogen) atoms. The van der Waals surface area contributed by atoms with E-state index in [9.17, 15) is 14.7 Å². The summed E-state index contributed by atoms with van der Waals surface area (Å²) in [6.07, 6.45) is 1.56. The molecule has 2 aromatic rings. The fourth-order valence-corrected chi connectivity index (χ4v) is 2.38. The first kappa shape index (κ1) is 18.5. The average molecular weight is 345 g/mol. The standard InChI is InChI=1S/C18H23N3O4/c1-3-19-18(24)20-17(23)13(2)21(12-15-8-6-10-25-15)11-14-7-4-5-9-16(14)22/h4-10,13,22H,3,11-12H2,1-2H3,(H2,19,20,23,24). The van der Waals surface area contributed by atoms with Crippen molar-refractivity contribution in [3.05, 3.63) is 54.0 Å². The molecule has 7 heteroatoms. The monoisotopic (exact) mass is 345 g/mol. The van der Waals surface area contributed by atoms with Gasteiger partial charge in [0.2, 0.25) is 5.91 Å². The van der Waals surface area contributed by atoms with E-state index < -0.39 is 18.0 Å². The lowest BCUT2D eigenvalue weighted by Crippen LogP contribution is -2.49. The summed E-state index contributed by atoms with van der Waals surface area (Å²) < 4.78 is 5.37. The molecule has 0 fully saturated rings. The lowest BCUT2D eigenvalue weighted by atomic mass is 10.1. The van der Waals surface area contributed by atoms with Gasteiger partial charge in [-0.05, 0) is 32.0 Å². The molecule has 1 unspecified atom stereocenters. The molecule has 0 saturated heterocycles. The summed E-state index contributed by atoms with van der Waals surface area (Å²) in [7, 11) is 0. The molecule has 0 aliphatic heterocycles. The number of hydrogen-bond acceptors (Lipinski definition) is 5. The van der Waals surface area contributed by atoms with Crippen molar-refractivity contribution in [2.24, 2.45) is 0 Å². The SMILES string of the molecule is CCNC(=O)NC(=O)C(C)N(Cc1ccco1)Cc1ccccc1O. The molecular weight excluding hydrogens is 322 g/mol. The van der Waals surface area contributed by atoms with Crippen LogP contribution in [0.15, 0.2) is 47.1 Å². The molecule has 0 aliphatic rings. The Morgan fingerprint density at radius 3 is 2.60 bits per heavy atom. The lowest BCUT2D eigenvalue weighted by molar-refractivity contribution is -0.125. The summed E-state index contributed by atoms with van der Waals surface area (Å²) in [5, 5.41) is 14.9. The third-order valence-corrected chi connectivity index (χ3v) is 3.81. The van der Waals surface area contributed by atoms with Gasteiger partial charge in [0.05, 0.1) is 18.8 Å². The first-order chi connectivity index (χ1) is 12.0. The molecule has 1 aromatic heterocycles. The zero-order chi connectivity index (χ0) is 18.2. The van der Waals surface area contributed by atoms with Crippen LogP contribution in [0.4, 0.5) is 4.79 Å². The molecule has 0 spiro atoms. The molecule has 1 heterocycles. The Morgan fingerprint density at radius 1 is 1.20 bits per heavy atom. The maximum atomic E-state index is 12.4. The van der Waals surface area contributed by atoms with Crippen LogP contribution < -0.4 is 10.6 Å². The number of benzene rings is 1. The summed E-state index contributed by atoms with van der Waals surface area (Å²) >= 11 is 0. The van der Waals surface area contributed by atoms with E-state index >= 15 is 0 Å². The number of para-hydroxylation sites is 1. The normalized spacial score (nSPS) is 12.0. The second-order valence-corrected chi connectivity index (χ2v) is 5.64. The number of carbonyl (C=O) groups excluding carboxylic acids is 2. The van der Waals surface area contributed by atoms with Gasteiger partial charge in [0.15, 0.2) is 0 Å². The summed E-state index contributed by atoms with van der Waals surface area (Å²) in [5.41, 5.74) is 0.687. The molecule has 0 bridgehead atoms. The molecular formula is C18H23N3O4. The Kier molecular flexibility index (Phi) is 6.59. The Hall–Kier alpha value is -2.80. The van der Waals surface area contributed by atoms with Gasteiger partial charge < -0.3 is 14.8 Å². The van der Waals surface area contributed by atoms with Crippen molar-refractivity contribution in [1.82, 2.24) is 15.5 Å². The van der Waals surface area contributed by atoms with E-state index in [0.29, 0.717) is 31.0 Å². The second kappa shape index (κ2) is 8.89. The van der Waals surface area contributed by atoms with Crippen LogP contribution in [0.1, 0.15) is 25.2 Å². The van der Waals surface area contributed by atoms with Gasteiger partial charge in [-0.1, -0.05) is 18.2 Å². The summed E-state index contributed by atoms with van der Waals surface area (Å²) in [5.74, 6) is 0.421. The first-order valence-electron chi connectivity index (χ1n) is 8.13. The number of imide groups is 1. The van der Waals surface area contributed by atoms with Crippen LogP contribution in [0.3, 0.4) is 0 Å². The molecule has 0 radical (unpaired) electrons. The molecule has 1 aromatic carbocycles. The largest absolute Gasteiger partial charge is 0.508 e. The Bertz CT molecular complexity index is 700. The quantitative estimate of drug-likeness (QED) is 0.715. The number of amides is 3. The number of hydrogen-bond donors (Lipinski definition) is 3. The van der Waals surface area contributed by atoms with E-state index in [1.54, 1.807) is 44.4 Å². The van der Waals surface area contributed by atoms with Gasteiger partial charge in [-0.2, -0.15) is 0 Å². The van der Waals surface area contributed by atoms with Crippen molar-refractivity contribution in [2.45, 2.75) is 33.0 Å². The fraction of sp³-hybridized carbons (Fsp3) is 0.333. The van der Waals surface area contributed by atoms with Crippen molar-refractivity contribution >= 4 is 11.9 Å². The smallest absolute Gasteiger partial charge is 0.321 e. The number of aromatic hydroxyl groups is 1. The highest BCUT2D eigenvalue weighted by Gasteiger charge is 2.24. The minimum Gasteiger partial charge on any atom is -0.508 e. The van der Waals surface area contributed by atoms with Crippen molar-refractivity contribution in [3.63, 3.8) is 0 Å². The third kappa shape index (κ3) is 5.36. The zero-order valence-corrected chi connectivity index (χ0v) is 14.4. The van der Waals surface area contributed by atoms with Crippen LogP contribution in [0.25, 0.3) is 0 Å². The molecule has 2 rings (SSSR count). The van der Waals surface area contributed by atoms with Crippen LogP contribution in [-0.4, -0.2) is 34.5 Å². The van der Waals surface area contributed by atoms with E-state index in [1.165, 1.54) is 0 Å². The Labute approximate surface area is 146 Å². The number of urea groups is 1. The predicted octanol–water partition coefficient (Wildman–Crippen LogP) is 2.22. The minimum absolute atomic E-state index is 0.156. The number of nitrogens with one attached hydrogen (secondary N) is 2. The highest BCUT2D eigenvalue weighted by molar-refractivity contribution is 5.96. The van der Waals surface area contributed by atoms with Crippen LogP contribution in [0.5, 0.6) is 5.75 Å². The number of phenolic OH excluding ortho intramolecular Hbond substituents is 1. The molecule has 0 aliphatic carbocycles. The van der Waals surface area contributed by atoms with Gasteiger partial charge in [0.25, 0.3) is 0 Å². The second-order valence-electron chi connectivity index (χ2n) is 5.64. The molecule has 7 nitrogen and oxygen atoms in total. The molecule has 1 atom stereocenters. The van der Waals surface area contributed by atoms with Gasteiger partial charge >= 0.3 is 6.03 Å². The van der Waals surface area contributed by atoms with Gasteiger partial charge in [-0.15, -0.1) is 0 Å². The lowest BCUT2D eigenvalue weighted by Gasteiger charge is -2.27. The summed E-state index contributed by atoms with van der Waals surface area (Å²) in [6, 6.07) is 9.39. The zero-order valence-electron chi connectivity index (χ0n) is 14.4. The highest BCUT2D eigenvalue weighted by atomic mass is 16.3. The van der Waals surface area contributed by atoms with E-state index in [-0.39, 0.29) is 5.75 Å².